The number of hydrogen-bond acceptors (Lipinski definition) is 5. The molecule has 0 radical (unpaired) electrons. The number of anilines is 1. The SMILES string of the molecule is O=C(Nc1ccc(OC(F)(F)F)cc1)c1ccnc(OC2CCOC2)c1. The van der Waals surface area contributed by atoms with E-state index in [0.29, 0.717) is 30.3 Å². The largest absolute Gasteiger partial charge is 0.573 e. The maximum atomic E-state index is 12.3. The first-order valence-corrected chi connectivity index (χ1v) is 7.77. The van der Waals surface area contributed by atoms with Crippen LogP contribution < -0.4 is 14.8 Å². The van der Waals surface area contributed by atoms with Gasteiger partial charge in [-0.15, -0.1) is 13.2 Å². The fourth-order valence-electron chi connectivity index (χ4n) is 2.33. The fraction of sp³-hybridized carbons (Fsp3) is 0.294. The van der Waals surface area contributed by atoms with Crippen LogP contribution in [0.1, 0.15) is 16.8 Å². The Kier molecular flexibility index (Phi) is 5.27. The van der Waals surface area contributed by atoms with Crippen molar-refractivity contribution in [2.24, 2.45) is 0 Å². The van der Waals surface area contributed by atoms with Gasteiger partial charge in [0.15, 0.2) is 0 Å². The topological polar surface area (TPSA) is 69.7 Å². The lowest BCUT2D eigenvalue weighted by Gasteiger charge is -2.12. The molecule has 1 amide bonds. The first-order valence-electron chi connectivity index (χ1n) is 7.77. The summed E-state index contributed by atoms with van der Waals surface area (Å²) in [6, 6.07) is 7.86. The molecular weight excluding hydrogens is 353 g/mol. The molecule has 1 N–H and O–H groups in total. The summed E-state index contributed by atoms with van der Waals surface area (Å²) in [6.45, 7) is 1.10. The Labute approximate surface area is 146 Å². The van der Waals surface area contributed by atoms with Crippen LogP contribution in [0.25, 0.3) is 0 Å². The molecule has 2 aromatic rings. The number of hydrogen-bond donors (Lipinski definition) is 1. The monoisotopic (exact) mass is 368 g/mol. The van der Waals surface area contributed by atoms with Crippen molar-refractivity contribution >= 4 is 11.6 Å². The number of carbonyl (C=O) groups is 1. The number of amides is 1. The molecule has 26 heavy (non-hydrogen) atoms. The highest BCUT2D eigenvalue weighted by Crippen LogP contribution is 2.24. The van der Waals surface area contributed by atoms with Crippen LogP contribution in [-0.4, -0.2) is 36.6 Å². The van der Waals surface area contributed by atoms with E-state index in [1.54, 1.807) is 0 Å². The number of halogens is 3. The number of carbonyl (C=O) groups excluding carboxylic acids is 1. The summed E-state index contributed by atoms with van der Waals surface area (Å²) < 4.78 is 51.0. The Hall–Kier alpha value is -2.81. The van der Waals surface area contributed by atoms with Gasteiger partial charge in [0.25, 0.3) is 5.91 Å². The van der Waals surface area contributed by atoms with Gasteiger partial charge in [-0.2, -0.15) is 0 Å². The van der Waals surface area contributed by atoms with Gasteiger partial charge in [0, 0.05) is 29.9 Å². The minimum absolute atomic E-state index is 0.0954. The maximum Gasteiger partial charge on any atom is 0.573 e. The van der Waals surface area contributed by atoms with Crippen LogP contribution in [0.2, 0.25) is 0 Å². The second-order valence-electron chi connectivity index (χ2n) is 5.51. The molecule has 0 bridgehead atoms. The zero-order valence-corrected chi connectivity index (χ0v) is 13.5. The summed E-state index contributed by atoms with van der Waals surface area (Å²) in [5, 5.41) is 2.59. The Balaban J connectivity index is 1.62. The Morgan fingerprint density at radius 3 is 2.65 bits per heavy atom. The number of rotatable bonds is 5. The molecule has 138 valence electrons. The Morgan fingerprint density at radius 2 is 2.00 bits per heavy atom. The number of benzene rings is 1. The number of pyridine rings is 1. The van der Waals surface area contributed by atoms with Gasteiger partial charge < -0.3 is 19.5 Å². The maximum absolute atomic E-state index is 12.3. The summed E-state index contributed by atoms with van der Waals surface area (Å²) in [5.41, 5.74) is 0.637. The predicted octanol–water partition coefficient (Wildman–Crippen LogP) is 3.40. The zero-order valence-electron chi connectivity index (χ0n) is 13.5. The highest BCUT2D eigenvalue weighted by molar-refractivity contribution is 6.04. The van der Waals surface area contributed by atoms with Crippen molar-refractivity contribution in [3.8, 4) is 11.6 Å². The zero-order chi connectivity index (χ0) is 18.6. The van der Waals surface area contributed by atoms with Gasteiger partial charge in [-0.25, -0.2) is 4.98 Å². The van der Waals surface area contributed by atoms with E-state index < -0.39 is 12.3 Å². The Morgan fingerprint density at radius 1 is 1.23 bits per heavy atom. The first kappa shape index (κ1) is 18.0. The predicted molar refractivity (Wildman–Crippen MR) is 85.2 cm³/mol. The molecule has 6 nitrogen and oxygen atoms in total. The minimum Gasteiger partial charge on any atom is -0.472 e. The van der Waals surface area contributed by atoms with E-state index >= 15 is 0 Å². The lowest BCUT2D eigenvalue weighted by atomic mass is 10.2. The minimum atomic E-state index is -4.76. The molecule has 2 heterocycles. The van der Waals surface area contributed by atoms with Gasteiger partial charge in [0.1, 0.15) is 11.9 Å². The molecule has 1 fully saturated rings. The summed E-state index contributed by atoms with van der Waals surface area (Å²) in [7, 11) is 0. The summed E-state index contributed by atoms with van der Waals surface area (Å²) in [6.07, 6.45) is -2.66. The number of aromatic nitrogens is 1. The fourth-order valence-corrected chi connectivity index (χ4v) is 2.33. The van der Waals surface area contributed by atoms with Crippen molar-refractivity contribution in [3.05, 3.63) is 48.2 Å². The molecule has 1 unspecified atom stereocenters. The molecule has 1 aromatic carbocycles. The van der Waals surface area contributed by atoms with Crippen LogP contribution >= 0.6 is 0 Å². The lowest BCUT2D eigenvalue weighted by Crippen LogP contribution is -2.18. The van der Waals surface area contributed by atoms with Crippen molar-refractivity contribution < 1.29 is 32.2 Å². The van der Waals surface area contributed by atoms with Gasteiger partial charge in [-0.05, 0) is 30.3 Å². The third-order valence-corrected chi connectivity index (χ3v) is 3.52. The quantitative estimate of drug-likeness (QED) is 0.876. The van der Waals surface area contributed by atoms with E-state index in [-0.39, 0.29) is 11.9 Å². The highest BCUT2D eigenvalue weighted by Gasteiger charge is 2.31. The van der Waals surface area contributed by atoms with Gasteiger partial charge in [0.05, 0.1) is 13.2 Å². The van der Waals surface area contributed by atoms with E-state index in [9.17, 15) is 18.0 Å². The molecule has 3 rings (SSSR count). The third kappa shape index (κ3) is 5.09. The van der Waals surface area contributed by atoms with Crippen molar-refractivity contribution in [2.45, 2.75) is 18.9 Å². The molecule has 0 saturated carbocycles. The van der Waals surface area contributed by atoms with Gasteiger partial charge in [-0.3, -0.25) is 4.79 Å². The molecule has 1 aliphatic rings. The average Bonchev–Trinajstić information content (AvgIpc) is 3.08. The highest BCUT2D eigenvalue weighted by atomic mass is 19.4. The van der Waals surface area contributed by atoms with Crippen LogP contribution in [0.3, 0.4) is 0 Å². The summed E-state index contributed by atoms with van der Waals surface area (Å²) in [4.78, 5) is 16.3. The second-order valence-corrected chi connectivity index (χ2v) is 5.51. The van der Waals surface area contributed by atoms with Crippen molar-refractivity contribution in [1.29, 1.82) is 0 Å². The van der Waals surface area contributed by atoms with Gasteiger partial charge >= 0.3 is 6.36 Å². The van der Waals surface area contributed by atoms with E-state index in [0.717, 1.165) is 18.6 Å². The van der Waals surface area contributed by atoms with Crippen LogP contribution in [0.15, 0.2) is 42.6 Å². The van der Waals surface area contributed by atoms with E-state index in [1.807, 2.05) is 0 Å². The molecule has 1 atom stereocenters. The number of nitrogens with one attached hydrogen (secondary N) is 1. The summed E-state index contributed by atoms with van der Waals surface area (Å²) >= 11 is 0. The second kappa shape index (κ2) is 7.61. The van der Waals surface area contributed by atoms with Crippen molar-refractivity contribution in [3.63, 3.8) is 0 Å². The van der Waals surface area contributed by atoms with Crippen LogP contribution in [0, 0.1) is 0 Å². The first-order chi connectivity index (χ1) is 12.4. The van der Waals surface area contributed by atoms with Gasteiger partial charge in [0.2, 0.25) is 5.88 Å². The van der Waals surface area contributed by atoms with Crippen LogP contribution in [0.4, 0.5) is 18.9 Å². The van der Waals surface area contributed by atoms with Crippen molar-refractivity contribution in [1.82, 2.24) is 4.98 Å². The van der Waals surface area contributed by atoms with Crippen LogP contribution in [0.5, 0.6) is 11.6 Å². The molecule has 1 aromatic heterocycles. The standard InChI is InChI=1S/C17H15F3N2O4/c18-17(19,20)26-13-3-1-12(2-4-13)22-16(23)11-5-7-21-15(9-11)25-14-6-8-24-10-14/h1-5,7,9,14H,6,8,10H2,(H,22,23). The number of ether oxygens (including phenoxy) is 3. The van der Waals surface area contributed by atoms with E-state index in [4.69, 9.17) is 9.47 Å². The molecule has 0 aliphatic carbocycles. The molecular formula is C17H15F3N2O4. The normalized spacial score (nSPS) is 17.0. The van der Waals surface area contributed by atoms with Crippen LogP contribution in [-0.2, 0) is 4.74 Å². The van der Waals surface area contributed by atoms with E-state index in [2.05, 4.69) is 15.0 Å². The van der Waals surface area contributed by atoms with Gasteiger partial charge in [-0.1, -0.05) is 0 Å². The summed E-state index contributed by atoms with van der Waals surface area (Å²) in [5.74, 6) is -0.500. The smallest absolute Gasteiger partial charge is 0.472 e. The van der Waals surface area contributed by atoms with E-state index in [1.165, 1.54) is 30.5 Å². The molecule has 1 saturated heterocycles. The number of alkyl halides is 3. The lowest BCUT2D eigenvalue weighted by molar-refractivity contribution is -0.274. The number of nitrogens with zero attached hydrogens (tertiary/aromatic N) is 1. The molecule has 9 heteroatoms. The Bertz CT molecular complexity index is 759. The van der Waals surface area contributed by atoms with Crippen molar-refractivity contribution in [2.75, 3.05) is 18.5 Å². The molecule has 1 aliphatic heterocycles. The average molecular weight is 368 g/mol. The third-order valence-electron chi connectivity index (χ3n) is 3.52. The molecule has 0 spiro atoms.